The van der Waals surface area contributed by atoms with Gasteiger partial charge >= 0.3 is 0 Å². The van der Waals surface area contributed by atoms with E-state index in [-0.39, 0.29) is 0 Å². The van der Waals surface area contributed by atoms with Gasteiger partial charge in [0.05, 0.1) is 0 Å². The van der Waals surface area contributed by atoms with E-state index in [1.807, 2.05) is 61.7 Å². The second kappa shape index (κ2) is 22.3. The number of benzene rings is 7. The second-order valence-corrected chi connectivity index (χ2v) is 16.1. The molecule has 0 atom stereocenters. The third-order valence-electron chi connectivity index (χ3n) is 11.0. The van der Waals surface area contributed by atoms with E-state index in [1.165, 1.54) is 11.1 Å². The van der Waals surface area contributed by atoms with E-state index in [1.54, 1.807) is 6.08 Å². The predicted molar refractivity (Wildman–Crippen MR) is 287 cm³/mol. The van der Waals surface area contributed by atoms with Gasteiger partial charge in [0.2, 0.25) is 0 Å². The van der Waals surface area contributed by atoms with Crippen molar-refractivity contribution in [1.29, 1.82) is 0 Å². The molecular formula is C63H57N3. The van der Waals surface area contributed by atoms with Crippen molar-refractivity contribution < 1.29 is 0 Å². The summed E-state index contributed by atoms with van der Waals surface area (Å²) < 4.78 is 0. The molecule has 7 aromatic carbocycles. The summed E-state index contributed by atoms with van der Waals surface area (Å²) in [4.78, 5) is 6.63. The quantitative estimate of drug-likeness (QED) is 0.0796. The van der Waals surface area contributed by atoms with Gasteiger partial charge in [0.25, 0.3) is 0 Å². The Morgan fingerprint density at radius 3 is 1.42 bits per heavy atom. The molecule has 0 aromatic heterocycles. The number of hydrogen-bond donors (Lipinski definition) is 0. The van der Waals surface area contributed by atoms with Crippen molar-refractivity contribution in [2.45, 2.75) is 20.8 Å². The van der Waals surface area contributed by atoms with Crippen LogP contribution in [0.1, 0.15) is 29.2 Å². The predicted octanol–water partition coefficient (Wildman–Crippen LogP) is 17.7. The lowest BCUT2D eigenvalue weighted by Crippen LogP contribution is -2.13. The van der Waals surface area contributed by atoms with Crippen LogP contribution in [-0.4, -0.2) is 0 Å². The fraction of sp³-hybridized carbons (Fsp3) is 0.0476. The number of aryl methyl sites for hydroxylation is 2. The summed E-state index contributed by atoms with van der Waals surface area (Å²) in [7, 11) is 0. The maximum Gasteiger partial charge on any atom is 0.0464 e. The topological polar surface area (TPSA) is 9.72 Å². The van der Waals surface area contributed by atoms with Crippen LogP contribution in [0.15, 0.2) is 286 Å². The van der Waals surface area contributed by atoms with Crippen LogP contribution >= 0.6 is 0 Å². The summed E-state index contributed by atoms with van der Waals surface area (Å²) >= 11 is 0. The molecule has 0 N–H and O–H groups in total. The second-order valence-electron chi connectivity index (χ2n) is 16.1. The molecule has 3 nitrogen and oxygen atoms in total. The lowest BCUT2D eigenvalue weighted by Gasteiger charge is -2.26. The maximum atomic E-state index is 4.52. The van der Waals surface area contributed by atoms with Gasteiger partial charge in [0.1, 0.15) is 0 Å². The first-order chi connectivity index (χ1) is 32.2. The lowest BCUT2D eigenvalue weighted by molar-refractivity contribution is 1.21. The van der Waals surface area contributed by atoms with Crippen molar-refractivity contribution in [3.05, 3.63) is 308 Å². The zero-order valence-corrected chi connectivity index (χ0v) is 38.3. The molecule has 0 aliphatic heterocycles. The Hall–Kier alpha value is -8.40. The number of para-hydroxylation sites is 3. The van der Waals surface area contributed by atoms with Crippen LogP contribution in [-0.2, 0) is 0 Å². The van der Waals surface area contributed by atoms with Gasteiger partial charge in [-0.05, 0) is 168 Å². The fourth-order valence-electron chi connectivity index (χ4n) is 7.57. The molecule has 0 radical (unpaired) electrons. The van der Waals surface area contributed by atoms with Crippen molar-refractivity contribution in [1.82, 2.24) is 0 Å². The van der Waals surface area contributed by atoms with Crippen molar-refractivity contribution in [2.75, 3.05) is 14.7 Å². The summed E-state index contributed by atoms with van der Waals surface area (Å²) in [6.07, 6.45) is 18.2. The Morgan fingerprint density at radius 2 is 0.924 bits per heavy atom. The molecular weight excluding hydrogens is 799 g/mol. The summed E-state index contributed by atoms with van der Waals surface area (Å²) in [6, 6.07) is 65.8. The fourth-order valence-corrected chi connectivity index (χ4v) is 7.57. The SMILES string of the molecule is C=C/C=C(C)\C=C\N(C(=C)/C=C\C(=C)C(=C)/C=C(\C=C\c1ccc(N(c2ccccc2)c2cccc(C)c2)cc1)c1ccc(N(c2ccccc2)c2cccc(C)c2)cc1)c1ccccc1. The van der Waals surface area contributed by atoms with Crippen molar-refractivity contribution >= 4 is 51.5 Å². The van der Waals surface area contributed by atoms with E-state index in [0.717, 1.165) is 78.9 Å². The minimum atomic E-state index is 0.773. The average Bonchev–Trinajstić information content (AvgIpc) is 3.34. The van der Waals surface area contributed by atoms with Crippen LogP contribution in [0, 0.1) is 13.8 Å². The Balaban J connectivity index is 1.21. The highest BCUT2D eigenvalue weighted by Crippen LogP contribution is 2.37. The van der Waals surface area contributed by atoms with Gasteiger partial charge in [-0.3, -0.25) is 0 Å². The van der Waals surface area contributed by atoms with E-state index < -0.39 is 0 Å². The molecule has 7 rings (SSSR count). The minimum Gasteiger partial charge on any atom is -0.318 e. The molecule has 0 aliphatic carbocycles. The van der Waals surface area contributed by atoms with E-state index in [0.29, 0.717) is 0 Å². The van der Waals surface area contributed by atoms with Gasteiger partial charge in [-0.25, -0.2) is 0 Å². The Bertz CT molecular complexity index is 2930. The monoisotopic (exact) mass is 855 g/mol. The van der Waals surface area contributed by atoms with Crippen LogP contribution in [0.5, 0.6) is 0 Å². The largest absolute Gasteiger partial charge is 0.318 e. The van der Waals surface area contributed by atoms with E-state index >= 15 is 0 Å². The molecule has 0 saturated heterocycles. The molecule has 0 unspecified atom stereocenters. The summed E-state index contributed by atoms with van der Waals surface area (Å²) in [5.74, 6) is 0. The molecule has 324 valence electrons. The van der Waals surface area contributed by atoms with Gasteiger partial charge in [-0.2, -0.15) is 0 Å². The normalized spacial score (nSPS) is 11.8. The molecule has 0 aliphatic rings. The highest BCUT2D eigenvalue weighted by molar-refractivity contribution is 5.84. The molecule has 66 heavy (non-hydrogen) atoms. The molecule has 0 saturated carbocycles. The van der Waals surface area contributed by atoms with Crippen LogP contribution in [0.25, 0.3) is 11.6 Å². The summed E-state index contributed by atoms with van der Waals surface area (Å²) in [5.41, 5.74) is 16.5. The first-order valence-corrected chi connectivity index (χ1v) is 22.2. The number of rotatable bonds is 18. The Labute approximate surface area is 393 Å². The molecule has 0 spiro atoms. The number of nitrogens with zero attached hydrogens (tertiary/aromatic N) is 3. The highest BCUT2D eigenvalue weighted by atomic mass is 15.1. The summed E-state index contributed by atoms with van der Waals surface area (Å²) in [6.45, 7) is 23.5. The molecule has 3 heteroatoms. The Morgan fingerprint density at radius 1 is 0.455 bits per heavy atom. The van der Waals surface area contributed by atoms with E-state index in [4.69, 9.17) is 0 Å². The third kappa shape index (κ3) is 12.0. The van der Waals surface area contributed by atoms with Gasteiger partial charge in [-0.1, -0.05) is 160 Å². The van der Waals surface area contributed by atoms with Gasteiger partial charge in [-0.15, -0.1) is 0 Å². The molecule has 0 fully saturated rings. The van der Waals surface area contributed by atoms with Crippen LogP contribution < -0.4 is 14.7 Å². The number of hydrogen-bond acceptors (Lipinski definition) is 3. The number of allylic oxidation sites excluding steroid dienone is 11. The van der Waals surface area contributed by atoms with Crippen molar-refractivity contribution in [3.8, 4) is 0 Å². The summed E-state index contributed by atoms with van der Waals surface area (Å²) in [5, 5.41) is 0. The van der Waals surface area contributed by atoms with Crippen LogP contribution in [0.2, 0.25) is 0 Å². The van der Waals surface area contributed by atoms with Crippen molar-refractivity contribution in [3.63, 3.8) is 0 Å². The maximum absolute atomic E-state index is 4.52. The number of anilines is 7. The van der Waals surface area contributed by atoms with E-state index in [2.05, 4.69) is 237 Å². The Kier molecular flexibility index (Phi) is 15.4. The highest BCUT2D eigenvalue weighted by Gasteiger charge is 2.15. The standard InChI is InChI=1S/C63H57N3/c1-8-20-48(2)43-44-64(57-23-12-9-13-24-57)53(7)32-31-51(5)52(6)47-56(55-37-41-61(42-38-55)66(59-27-16-11-17-28-59)63-30-19-22-50(4)46-63)36-33-54-34-39-60(40-35-54)65(58-25-14-10-15-26-58)62-29-18-21-49(3)45-62/h8-47H,1,5-7H2,2-4H3/b32-31-,36-33+,44-43+,48-20-,56-47+. The first-order valence-electron chi connectivity index (χ1n) is 22.2. The third-order valence-corrected chi connectivity index (χ3v) is 11.0. The average molecular weight is 856 g/mol. The molecule has 7 aromatic rings. The van der Waals surface area contributed by atoms with Gasteiger partial charge in [0, 0.05) is 51.7 Å². The van der Waals surface area contributed by atoms with E-state index in [9.17, 15) is 0 Å². The minimum absolute atomic E-state index is 0.773. The molecule has 0 bridgehead atoms. The molecule has 0 amide bonds. The molecule has 0 heterocycles. The smallest absolute Gasteiger partial charge is 0.0464 e. The van der Waals surface area contributed by atoms with Gasteiger partial charge < -0.3 is 14.7 Å². The van der Waals surface area contributed by atoms with Crippen LogP contribution in [0.3, 0.4) is 0 Å². The van der Waals surface area contributed by atoms with Crippen molar-refractivity contribution in [2.24, 2.45) is 0 Å². The first kappa shape index (κ1) is 45.6. The zero-order valence-electron chi connectivity index (χ0n) is 38.3. The lowest BCUT2D eigenvalue weighted by atomic mass is 9.98. The van der Waals surface area contributed by atoms with Crippen LogP contribution in [0.4, 0.5) is 39.8 Å². The van der Waals surface area contributed by atoms with Gasteiger partial charge in [0.15, 0.2) is 0 Å². The zero-order chi connectivity index (χ0) is 46.3.